The summed E-state index contributed by atoms with van der Waals surface area (Å²) < 4.78 is 27.7. The highest BCUT2D eigenvalue weighted by Gasteiger charge is 2.22. The third-order valence-electron chi connectivity index (χ3n) is 3.66. The van der Waals surface area contributed by atoms with Crippen LogP contribution in [-0.2, 0) is 10.0 Å². The van der Waals surface area contributed by atoms with Crippen LogP contribution in [0, 0.1) is 27.7 Å². The lowest BCUT2D eigenvalue weighted by Gasteiger charge is -2.09. The lowest BCUT2D eigenvalue weighted by Crippen LogP contribution is -2.14. The molecule has 0 amide bonds. The number of fused-ring (bicyclic) bond motifs is 1. The smallest absolute Gasteiger partial charge is 0.265 e. The predicted molar refractivity (Wildman–Crippen MR) is 87.9 cm³/mol. The van der Waals surface area contributed by atoms with Gasteiger partial charge in [-0.3, -0.25) is 9.82 Å². The van der Waals surface area contributed by atoms with E-state index in [1.807, 2.05) is 13.8 Å². The number of anilines is 1. The Kier molecular flexibility index (Phi) is 3.56. The molecule has 120 valence electrons. The summed E-state index contributed by atoms with van der Waals surface area (Å²) in [4.78, 5) is 9.05. The van der Waals surface area contributed by atoms with Gasteiger partial charge in [-0.15, -0.1) is 0 Å². The summed E-state index contributed by atoms with van der Waals surface area (Å²) in [5.74, 6) is 0. The fourth-order valence-electron chi connectivity index (χ4n) is 2.44. The van der Waals surface area contributed by atoms with Gasteiger partial charge in [0.05, 0.1) is 39.5 Å². The normalized spacial score (nSPS) is 11.8. The monoisotopic (exact) mass is 331 g/mol. The van der Waals surface area contributed by atoms with Gasteiger partial charge in [0.1, 0.15) is 4.90 Å². The van der Waals surface area contributed by atoms with Gasteiger partial charge in [0.25, 0.3) is 10.0 Å². The first-order valence-corrected chi connectivity index (χ1v) is 8.55. The van der Waals surface area contributed by atoms with Crippen LogP contribution in [0.1, 0.15) is 22.8 Å². The van der Waals surface area contributed by atoms with Crippen LogP contribution in [0.5, 0.6) is 0 Å². The second-order valence-corrected chi connectivity index (χ2v) is 7.09. The number of aromatic nitrogens is 4. The summed E-state index contributed by atoms with van der Waals surface area (Å²) in [6, 6.07) is 5.10. The molecule has 7 nitrogen and oxygen atoms in total. The molecule has 0 radical (unpaired) electrons. The van der Waals surface area contributed by atoms with Gasteiger partial charge in [-0.1, -0.05) is 0 Å². The van der Waals surface area contributed by atoms with Crippen LogP contribution >= 0.6 is 0 Å². The molecule has 0 spiro atoms. The van der Waals surface area contributed by atoms with Crippen molar-refractivity contribution in [1.29, 1.82) is 0 Å². The molecular weight excluding hydrogens is 314 g/mol. The van der Waals surface area contributed by atoms with Crippen molar-refractivity contribution in [2.75, 3.05) is 4.72 Å². The molecule has 0 aliphatic carbocycles. The Morgan fingerprint density at radius 2 is 1.61 bits per heavy atom. The topological polar surface area (TPSA) is 101 Å². The average Bonchev–Trinajstić information content (AvgIpc) is 2.80. The van der Waals surface area contributed by atoms with E-state index in [0.717, 1.165) is 16.9 Å². The minimum atomic E-state index is -3.71. The largest absolute Gasteiger partial charge is 0.281 e. The number of sulfonamides is 1. The maximum atomic E-state index is 12.6. The molecule has 0 aliphatic rings. The zero-order chi connectivity index (χ0) is 16.8. The zero-order valence-corrected chi connectivity index (χ0v) is 14.1. The Bertz CT molecular complexity index is 989. The third-order valence-corrected chi connectivity index (χ3v) is 5.30. The Morgan fingerprint density at radius 3 is 2.22 bits per heavy atom. The first kappa shape index (κ1) is 15.4. The number of H-pyrrole nitrogens is 1. The first-order valence-electron chi connectivity index (χ1n) is 7.07. The molecule has 1 aromatic carbocycles. The van der Waals surface area contributed by atoms with Crippen molar-refractivity contribution in [2.24, 2.45) is 0 Å². The molecule has 3 aromatic rings. The van der Waals surface area contributed by atoms with E-state index in [-0.39, 0.29) is 4.90 Å². The van der Waals surface area contributed by atoms with E-state index in [4.69, 9.17) is 0 Å². The van der Waals surface area contributed by atoms with E-state index >= 15 is 0 Å². The van der Waals surface area contributed by atoms with Crippen molar-refractivity contribution in [3.8, 4) is 0 Å². The van der Waals surface area contributed by atoms with E-state index in [2.05, 4.69) is 24.9 Å². The predicted octanol–water partition coefficient (Wildman–Crippen LogP) is 2.39. The number of hydrogen-bond donors (Lipinski definition) is 2. The van der Waals surface area contributed by atoms with E-state index in [0.29, 0.717) is 22.6 Å². The maximum Gasteiger partial charge on any atom is 0.265 e. The van der Waals surface area contributed by atoms with Crippen molar-refractivity contribution in [2.45, 2.75) is 32.6 Å². The molecule has 2 N–H and O–H groups in total. The minimum Gasteiger partial charge on any atom is -0.281 e. The van der Waals surface area contributed by atoms with E-state index < -0.39 is 10.0 Å². The molecule has 0 unspecified atom stereocenters. The van der Waals surface area contributed by atoms with Crippen LogP contribution in [0.4, 0.5) is 5.69 Å². The van der Waals surface area contributed by atoms with E-state index in [9.17, 15) is 8.42 Å². The van der Waals surface area contributed by atoms with Crippen LogP contribution in [-0.4, -0.2) is 28.6 Å². The van der Waals surface area contributed by atoms with Crippen LogP contribution in [0.2, 0.25) is 0 Å². The van der Waals surface area contributed by atoms with E-state index in [1.165, 1.54) is 0 Å². The molecule has 8 heteroatoms. The third kappa shape index (κ3) is 2.77. The highest BCUT2D eigenvalue weighted by molar-refractivity contribution is 7.92. The summed E-state index contributed by atoms with van der Waals surface area (Å²) in [7, 11) is -3.71. The Balaban J connectivity index is 2.03. The molecule has 23 heavy (non-hydrogen) atoms. The number of benzene rings is 1. The van der Waals surface area contributed by atoms with Gasteiger partial charge < -0.3 is 0 Å². The second kappa shape index (κ2) is 5.31. The van der Waals surface area contributed by atoms with Crippen molar-refractivity contribution >= 4 is 26.7 Å². The summed E-state index contributed by atoms with van der Waals surface area (Å²) in [5, 5.41) is 6.61. The molecule has 0 atom stereocenters. The Hall–Kier alpha value is -2.48. The summed E-state index contributed by atoms with van der Waals surface area (Å²) in [6.45, 7) is 7.09. The average molecular weight is 331 g/mol. The minimum absolute atomic E-state index is 0.170. The van der Waals surface area contributed by atoms with Gasteiger partial charge in [0, 0.05) is 0 Å². The lowest BCUT2D eigenvalue weighted by molar-refractivity contribution is 0.600. The SMILES string of the molecule is Cc1nc2ccc(NS(=O)(=O)c3c(C)n[nH]c3C)cc2nc1C. The number of nitrogens with zero attached hydrogens (tertiary/aromatic N) is 3. The number of nitrogens with one attached hydrogen (secondary N) is 2. The van der Waals surface area contributed by atoms with Crippen molar-refractivity contribution < 1.29 is 8.42 Å². The molecule has 2 heterocycles. The van der Waals surface area contributed by atoms with Crippen molar-refractivity contribution in [3.63, 3.8) is 0 Å². The van der Waals surface area contributed by atoms with Gasteiger partial charge in [-0.25, -0.2) is 18.4 Å². The standard InChI is InChI=1S/C15H17N5O2S/c1-8-9(2)17-14-7-12(5-6-13(14)16-8)20-23(21,22)15-10(3)18-19-11(15)4/h5-7,20H,1-4H3,(H,18,19). The van der Waals surface area contributed by atoms with Crippen molar-refractivity contribution in [3.05, 3.63) is 41.0 Å². The van der Waals surface area contributed by atoms with Gasteiger partial charge in [0.15, 0.2) is 0 Å². The molecule has 0 saturated heterocycles. The number of aryl methyl sites for hydroxylation is 4. The second-order valence-electron chi connectivity index (χ2n) is 5.47. The molecule has 0 bridgehead atoms. The number of aromatic amines is 1. The van der Waals surface area contributed by atoms with Crippen LogP contribution in [0.3, 0.4) is 0 Å². The van der Waals surface area contributed by atoms with Crippen LogP contribution in [0.25, 0.3) is 11.0 Å². The zero-order valence-electron chi connectivity index (χ0n) is 13.3. The molecule has 2 aromatic heterocycles. The fourth-order valence-corrected chi connectivity index (χ4v) is 3.86. The van der Waals surface area contributed by atoms with Gasteiger partial charge in [0.2, 0.25) is 0 Å². The summed E-state index contributed by atoms with van der Waals surface area (Å²) >= 11 is 0. The Morgan fingerprint density at radius 1 is 0.957 bits per heavy atom. The van der Waals surface area contributed by atoms with Gasteiger partial charge >= 0.3 is 0 Å². The van der Waals surface area contributed by atoms with E-state index in [1.54, 1.807) is 32.0 Å². The summed E-state index contributed by atoms with van der Waals surface area (Å²) in [5.41, 5.74) is 4.43. The highest BCUT2D eigenvalue weighted by Crippen LogP contribution is 2.23. The highest BCUT2D eigenvalue weighted by atomic mass is 32.2. The lowest BCUT2D eigenvalue weighted by atomic mass is 10.2. The van der Waals surface area contributed by atoms with Crippen LogP contribution in [0.15, 0.2) is 23.1 Å². The molecule has 0 aliphatic heterocycles. The Labute approximate surface area is 134 Å². The van der Waals surface area contributed by atoms with Gasteiger partial charge in [-0.2, -0.15) is 5.10 Å². The first-order chi connectivity index (χ1) is 10.8. The molecule has 0 fully saturated rings. The maximum absolute atomic E-state index is 12.6. The van der Waals surface area contributed by atoms with Crippen molar-refractivity contribution in [1.82, 2.24) is 20.2 Å². The quantitative estimate of drug-likeness (QED) is 0.767. The fraction of sp³-hybridized carbons (Fsp3) is 0.267. The molecule has 0 saturated carbocycles. The molecular formula is C15H17N5O2S. The van der Waals surface area contributed by atoms with Crippen LogP contribution < -0.4 is 4.72 Å². The van der Waals surface area contributed by atoms with Gasteiger partial charge in [-0.05, 0) is 45.9 Å². The summed E-state index contributed by atoms with van der Waals surface area (Å²) in [6.07, 6.45) is 0. The number of hydrogen-bond acceptors (Lipinski definition) is 5. The molecule has 3 rings (SSSR count). The number of rotatable bonds is 3.